The first-order valence-electron chi connectivity index (χ1n) is 6.09. The van der Waals surface area contributed by atoms with E-state index in [1.54, 1.807) is 13.0 Å². The quantitative estimate of drug-likeness (QED) is 0.895. The summed E-state index contributed by atoms with van der Waals surface area (Å²) in [6.45, 7) is 1.49. The van der Waals surface area contributed by atoms with E-state index in [4.69, 9.17) is 16.1 Å². The Balaban J connectivity index is 2.01. The molecule has 9 heteroatoms. The monoisotopic (exact) mass is 333 g/mol. The van der Waals surface area contributed by atoms with E-state index >= 15 is 0 Å². The van der Waals surface area contributed by atoms with E-state index in [1.807, 2.05) is 0 Å². The Hall–Kier alpha value is -2.22. The molecule has 1 amide bonds. The minimum atomic E-state index is -4.51. The van der Waals surface area contributed by atoms with E-state index in [0.717, 1.165) is 18.2 Å². The Morgan fingerprint density at radius 1 is 1.36 bits per heavy atom. The van der Waals surface area contributed by atoms with Crippen LogP contribution in [0.2, 0.25) is 5.02 Å². The third-order valence-corrected chi connectivity index (χ3v) is 2.96. The average molecular weight is 334 g/mol. The highest BCUT2D eigenvalue weighted by atomic mass is 35.5. The van der Waals surface area contributed by atoms with Gasteiger partial charge in [0.15, 0.2) is 5.82 Å². The molecule has 0 fully saturated rings. The number of carbonyl (C=O) groups is 1. The van der Waals surface area contributed by atoms with Crippen LogP contribution in [0, 0.1) is 6.92 Å². The number of halogens is 4. The second-order valence-electron chi connectivity index (χ2n) is 4.42. The fourth-order valence-electron chi connectivity index (χ4n) is 1.61. The maximum Gasteiger partial charge on any atom is 0.416 e. The third kappa shape index (κ3) is 4.14. The van der Waals surface area contributed by atoms with E-state index in [0.29, 0.717) is 11.6 Å². The number of hydrogen-bond acceptors (Lipinski definition) is 4. The molecule has 0 saturated carbocycles. The number of aryl methyl sites for hydroxylation is 1. The lowest BCUT2D eigenvalue weighted by atomic mass is 10.2. The lowest BCUT2D eigenvalue weighted by molar-refractivity contribution is -0.137. The number of carbonyl (C=O) groups excluding carboxylic acids is 1. The van der Waals surface area contributed by atoms with Gasteiger partial charge >= 0.3 is 6.18 Å². The number of aromatic nitrogens is 1. The molecule has 0 saturated heterocycles. The van der Waals surface area contributed by atoms with Crippen molar-refractivity contribution in [2.24, 2.45) is 0 Å². The first kappa shape index (κ1) is 16.2. The van der Waals surface area contributed by atoms with Crippen molar-refractivity contribution in [2.75, 3.05) is 17.2 Å². The summed E-state index contributed by atoms with van der Waals surface area (Å²) in [4.78, 5) is 11.7. The fourth-order valence-corrected chi connectivity index (χ4v) is 1.78. The molecule has 0 bridgehead atoms. The van der Waals surface area contributed by atoms with Gasteiger partial charge in [-0.1, -0.05) is 16.8 Å². The van der Waals surface area contributed by atoms with Crippen LogP contribution in [0.25, 0.3) is 0 Å². The summed E-state index contributed by atoms with van der Waals surface area (Å²) in [6.07, 6.45) is -4.51. The molecule has 5 nitrogen and oxygen atoms in total. The number of nitrogens with one attached hydrogen (secondary N) is 2. The van der Waals surface area contributed by atoms with Gasteiger partial charge in [0.05, 0.1) is 22.8 Å². The van der Waals surface area contributed by atoms with Crippen LogP contribution in [0.15, 0.2) is 28.8 Å². The molecule has 0 aliphatic carbocycles. The molecular weight excluding hydrogens is 323 g/mol. The van der Waals surface area contributed by atoms with E-state index in [1.165, 1.54) is 0 Å². The molecule has 0 unspecified atom stereocenters. The second-order valence-corrected chi connectivity index (χ2v) is 4.82. The minimum absolute atomic E-state index is 0.0126. The number of amides is 1. The lowest BCUT2D eigenvalue weighted by Crippen LogP contribution is -2.22. The lowest BCUT2D eigenvalue weighted by Gasteiger charge is -2.11. The van der Waals surface area contributed by atoms with Crippen LogP contribution in [-0.2, 0) is 11.0 Å². The number of benzene rings is 1. The topological polar surface area (TPSA) is 67.2 Å². The molecular formula is C13H11ClF3N3O2. The van der Waals surface area contributed by atoms with Crippen molar-refractivity contribution in [1.29, 1.82) is 0 Å². The summed E-state index contributed by atoms with van der Waals surface area (Å²) in [5, 5.41) is 8.61. The van der Waals surface area contributed by atoms with Crippen molar-refractivity contribution >= 4 is 29.0 Å². The number of nitrogens with zero attached hydrogens (tertiary/aromatic N) is 1. The molecule has 0 spiro atoms. The molecule has 2 rings (SSSR count). The summed E-state index contributed by atoms with van der Waals surface area (Å²) < 4.78 is 42.7. The third-order valence-electron chi connectivity index (χ3n) is 2.63. The van der Waals surface area contributed by atoms with E-state index in [2.05, 4.69) is 15.8 Å². The predicted octanol–water partition coefficient (Wildman–Crippen LogP) is 3.71. The molecule has 0 aliphatic heterocycles. The summed E-state index contributed by atoms with van der Waals surface area (Å²) in [5.74, 6) is 0.341. The minimum Gasteiger partial charge on any atom is -0.360 e. The molecule has 0 atom stereocenters. The van der Waals surface area contributed by atoms with Gasteiger partial charge < -0.3 is 15.2 Å². The number of anilines is 2. The molecule has 0 aliphatic rings. The zero-order chi connectivity index (χ0) is 16.3. The van der Waals surface area contributed by atoms with E-state index in [9.17, 15) is 18.0 Å². The molecule has 1 aromatic heterocycles. The Bertz CT molecular complexity index is 685. The van der Waals surface area contributed by atoms with Gasteiger partial charge in [0.2, 0.25) is 5.91 Å². The van der Waals surface area contributed by atoms with Gasteiger partial charge in [0.25, 0.3) is 0 Å². The van der Waals surface area contributed by atoms with E-state index < -0.39 is 17.6 Å². The predicted molar refractivity (Wildman–Crippen MR) is 74.8 cm³/mol. The zero-order valence-corrected chi connectivity index (χ0v) is 12.0. The summed E-state index contributed by atoms with van der Waals surface area (Å²) >= 11 is 5.78. The second kappa shape index (κ2) is 6.27. The van der Waals surface area contributed by atoms with Gasteiger partial charge in [-0.15, -0.1) is 0 Å². The highest BCUT2D eigenvalue weighted by Gasteiger charge is 2.31. The zero-order valence-electron chi connectivity index (χ0n) is 11.3. The van der Waals surface area contributed by atoms with Crippen molar-refractivity contribution in [3.63, 3.8) is 0 Å². The first-order chi connectivity index (χ1) is 10.3. The van der Waals surface area contributed by atoms with E-state index in [-0.39, 0.29) is 17.3 Å². The fraction of sp³-hybridized carbons (Fsp3) is 0.231. The van der Waals surface area contributed by atoms with Crippen molar-refractivity contribution in [3.05, 3.63) is 40.6 Å². The standard InChI is InChI=1S/C13H11ClF3N3O2/c1-7-4-11(20-22-7)18-6-12(21)19-10-5-8(13(15,16)17)2-3-9(10)14/h2-5H,6H2,1H3,(H,18,20)(H,19,21). The molecule has 2 N–H and O–H groups in total. The molecule has 2 aromatic rings. The van der Waals surface area contributed by atoms with Crippen LogP contribution in [0.3, 0.4) is 0 Å². The van der Waals surface area contributed by atoms with Gasteiger partial charge in [-0.2, -0.15) is 13.2 Å². The Labute approximate surface area is 128 Å². The molecule has 1 aromatic carbocycles. The number of rotatable bonds is 4. The molecule has 118 valence electrons. The van der Waals surface area contributed by atoms with Gasteiger partial charge in [-0.25, -0.2) is 0 Å². The molecule has 0 radical (unpaired) electrons. The van der Waals surface area contributed by atoms with Crippen molar-refractivity contribution in [3.8, 4) is 0 Å². The van der Waals surface area contributed by atoms with Crippen molar-refractivity contribution in [2.45, 2.75) is 13.1 Å². The Morgan fingerprint density at radius 3 is 2.68 bits per heavy atom. The smallest absolute Gasteiger partial charge is 0.360 e. The maximum atomic E-state index is 12.6. The molecule has 1 heterocycles. The summed E-state index contributed by atoms with van der Waals surface area (Å²) in [5.41, 5.74) is -1.01. The van der Waals surface area contributed by atoms with Gasteiger partial charge in [0.1, 0.15) is 5.76 Å². The Morgan fingerprint density at radius 2 is 2.09 bits per heavy atom. The van der Waals surface area contributed by atoms with Crippen LogP contribution < -0.4 is 10.6 Å². The van der Waals surface area contributed by atoms with Gasteiger partial charge in [-0.05, 0) is 25.1 Å². The van der Waals surface area contributed by atoms with Crippen LogP contribution in [0.1, 0.15) is 11.3 Å². The number of alkyl halides is 3. The van der Waals surface area contributed by atoms with Gasteiger partial charge in [-0.3, -0.25) is 4.79 Å². The van der Waals surface area contributed by atoms with Crippen molar-refractivity contribution in [1.82, 2.24) is 5.16 Å². The Kier molecular flexibility index (Phi) is 4.60. The summed E-state index contributed by atoms with van der Waals surface area (Å²) in [6, 6.07) is 4.27. The van der Waals surface area contributed by atoms with Crippen LogP contribution in [-0.4, -0.2) is 17.6 Å². The van der Waals surface area contributed by atoms with Crippen LogP contribution in [0.5, 0.6) is 0 Å². The molecule has 22 heavy (non-hydrogen) atoms. The normalized spacial score (nSPS) is 11.3. The van der Waals surface area contributed by atoms with Crippen LogP contribution >= 0.6 is 11.6 Å². The van der Waals surface area contributed by atoms with Gasteiger partial charge in [0, 0.05) is 6.07 Å². The SMILES string of the molecule is Cc1cc(NCC(=O)Nc2cc(C(F)(F)F)ccc2Cl)no1. The first-order valence-corrected chi connectivity index (χ1v) is 6.47. The maximum absolute atomic E-state index is 12.6. The average Bonchev–Trinajstić information content (AvgIpc) is 2.83. The highest BCUT2D eigenvalue weighted by molar-refractivity contribution is 6.33. The number of hydrogen-bond donors (Lipinski definition) is 2. The largest absolute Gasteiger partial charge is 0.416 e. The van der Waals surface area contributed by atoms with Crippen molar-refractivity contribution < 1.29 is 22.5 Å². The summed E-state index contributed by atoms with van der Waals surface area (Å²) in [7, 11) is 0. The highest BCUT2D eigenvalue weighted by Crippen LogP contribution is 2.33. The van der Waals surface area contributed by atoms with Crippen LogP contribution in [0.4, 0.5) is 24.7 Å².